The van der Waals surface area contributed by atoms with Crippen LogP contribution in [0.3, 0.4) is 0 Å². The Balaban J connectivity index is 1.61. The lowest BCUT2D eigenvalue weighted by atomic mass is 9.83. The maximum Gasteiger partial charge on any atom is 0.132 e. The monoisotopic (exact) mass is 243 g/mol. The highest BCUT2D eigenvalue weighted by atomic mass is 16.1. The van der Waals surface area contributed by atoms with E-state index in [2.05, 4.69) is 18.2 Å². The maximum atomic E-state index is 11.2. The fourth-order valence-electron chi connectivity index (χ4n) is 2.63. The summed E-state index contributed by atoms with van der Waals surface area (Å²) in [6.07, 6.45) is 9.97. The SMILES string of the molecule is CCC(=O)CCCCCCc1cc[c]c2c1CC2. The standard InChI is InChI=1S/C17H23O/c1-2-16(18)11-6-4-3-5-8-14-9-7-10-15-12-13-17(14)15/h7,9H,2-6,8,11-13H2,1H3. The number of benzene rings is 1. The van der Waals surface area contributed by atoms with Gasteiger partial charge in [-0.3, -0.25) is 4.79 Å². The van der Waals surface area contributed by atoms with Gasteiger partial charge in [0.2, 0.25) is 0 Å². The molecular formula is C17H23O. The van der Waals surface area contributed by atoms with Gasteiger partial charge in [-0.05, 0) is 54.9 Å². The van der Waals surface area contributed by atoms with Gasteiger partial charge in [0.05, 0.1) is 0 Å². The normalized spacial score (nSPS) is 12.9. The summed E-state index contributed by atoms with van der Waals surface area (Å²) < 4.78 is 0. The summed E-state index contributed by atoms with van der Waals surface area (Å²) in [5.74, 6) is 0.412. The Morgan fingerprint density at radius 2 is 2.06 bits per heavy atom. The van der Waals surface area contributed by atoms with Crippen LogP contribution in [-0.2, 0) is 24.1 Å². The first-order valence-electron chi connectivity index (χ1n) is 7.34. The minimum atomic E-state index is 0.412. The third-order valence-electron chi connectivity index (χ3n) is 3.97. The van der Waals surface area contributed by atoms with Crippen LogP contribution in [0.4, 0.5) is 0 Å². The molecule has 1 nitrogen and oxygen atoms in total. The van der Waals surface area contributed by atoms with Gasteiger partial charge < -0.3 is 0 Å². The molecule has 97 valence electrons. The van der Waals surface area contributed by atoms with Crippen molar-refractivity contribution < 1.29 is 4.79 Å². The number of Topliss-reactive ketones (excluding diaryl/α,β-unsaturated/α-hetero) is 1. The van der Waals surface area contributed by atoms with E-state index in [1.165, 1.54) is 44.1 Å². The lowest BCUT2D eigenvalue weighted by Crippen LogP contribution is -2.11. The molecule has 0 saturated carbocycles. The van der Waals surface area contributed by atoms with E-state index in [1.54, 1.807) is 11.1 Å². The average molecular weight is 243 g/mol. The van der Waals surface area contributed by atoms with E-state index in [0.717, 1.165) is 12.8 Å². The number of rotatable bonds is 8. The lowest BCUT2D eigenvalue weighted by Gasteiger charge is -2.21. The Morgan fingerprint density at radius 1 is 1.22 bits per heavy atom. The Morgan fingerprint density at radius 3 is 2.78 bits per heavy atom. The van der Waals surface area contributed by atoms with Gasteiger partial charge in [0.15, 0.2) is 0 Å². The summed E-state index contributed by atoms with van der Waals surface area (Å²) in [6.45, 7) is 1.95. The molecule has 0 amide bonds. The Bertz CT molecular complexity index is 406. The maximum absolute atomic E-state index is 11.2. The van der Waals surface area contributed by atoms with Crippen LogP contribution in [-0.4, -0.2) is 5.78 Å². The van der Waals surface area contributed by atoms with Crippen LogP contribution in [0.1, 0.15) is 62.1 Å². The van der Waals surface area contributed by atoms with Crippen molar-refractivity contribution in [2.45, 2.75) is 64.7 Å². The van der Waals surface area contributed by atoms with Crippen LogP contribution < -0.4 is 0 Å². The van der Waals surface area contributed by atoms with Crippen molar-refractivity contribution in [1.29, 1.82) is 0 Å². The summed E-state index contributed by atoms with van der Waals surface area (Å²) >= 11 is 0. The van der Waals surface area contributed by atoms with Crippen molar-refractivity contribution in [3.8, 4) is 0 Å². The van der Waals surface area contributed by atoms with Crippen LogP contribution in [0.5, 0.6) is 0 Å². The molecule has 0 aliphatic heterocycles. The van der Waals surface area contributed by atoms with Crippen molar-refractivity contribution in [2.75, 3.05) is 0 Å². The second kappa shape index (κ2) is 6.72. The fourth-order valence-corrected chi connectivity index (χ4v) is 2.63. The zero-order valence-electron chi connectivity index (χ0n) is 11.4. The molecule has 1 aromatic carbocycles. The van der Waals surface area contributed by atoms with Crippen molar-refractivity contribution >= 4 is 5.78 Å². The Kier molecular flexibility index (Phi) is 4.98. The van der Waals surface area contributed by atoms with Crippen molar-refractivity contribution in [3.05, 3.63) is 34.9 Å². The van der Waals surface area contributed by atoms with Gasteiger partial charge >= 0.3 is 0 Å². The number of carbonyl (C=O) groups is 1. The van der Waals surface area contributed by atoms with E-state index in [1.807, 2.05) is 6.92 Å². The van der Waals surface area contributed by atoms with E-state index in [0.29, 0.717) is 12.2 Å². The van der Waals surface area contributed by atoms with E-state index >= 15 is 0 Å². The second-order valence-electron chi connectivity index (χ2n) is 5.27. The lowest BCUT2D eigenvalue weighted by molar-refractivity contribution is -0.118. The molecule has 0 atom stereocenters. The van der Waals surface area contributed by atoms with E-state index < -0.39 is 0 Å². The first-order valence-corrected chi connectivity index (χ1v) is 7.34. The van der Waals surface area contributed by atoms with Gasteiger partial charge in [0.25, 0.3) is 0 Å². The number of ketones is 1. The molecule has 0 aromatic heterocycles. The fraction of sp³-hybridized carbons (Fsp3) is 0.588. The molecule has 0 spiro atoms. The predicted octanol–water partition coefficient (Wildman–Crippen LogP) is 4.06. The summed E-state index contributed by atoms with van der Waals surface area (Å²) in [4.78, 5) is 11.2. The average Bonchev–Trinajstić information content (AvgIpc) is 2.35. The number of hydrogen-bond donors (Lipinski definition) is 0. The molecule has 0 heterocycles. The first-order chi connectivity index (χ1) is 8.81. The second-order valence-corrected chi connectivity index (χ2v) is 5.27. The third-order valence-corrected chi connectivity index (χ3v) is 3.97. The quantitative estimate of drug-likeness (QED) is 0.629. The molecular weight excluding hydrogens is 220 g/mol. The van der Waals surface area contributed by atoms with Gasteiger partial charge in [-0.2, -0.15) is 0 Å². The van der Waals surface area contributed by atoms with Gasteiger partial charge in [-0.1, -0.05) is 31.9 Å². The molecule has 2 rings (SSSR count). The van der Waals surface area contributed by atoms with E-state index in [9.17, 15) is 4.79 Å². The van der Waals surface area contributed by atoms with Crippen molar-refractivity contribution in [2.24, 2.45) is 0 Å². The van der Waals surface area contributed by atoms with Crippen LogP contribution in [0, 0.1) is 6.07 Å². The minimum Gasteiger partial charge on any atom is -0.300 e. The summed E-state index contributed by atoms with van der Waals surface area (Å²) in [7, 11) is 0. The molecule has 1 aromatic rings. The van der Waals surface area contributed by atoms with Crippen LogP contribution >= 0.6 is 0 Å². The summed E-state index contributed by atoms with van der Waals surface area (Å²) in [5, 5.41) is 0. The van der Waals surface area contributed by atoms with Crippen LogP contribution in [0.25, 0.3) is 0 Å². The topological polar surface area (TPSA) is 17.1 Å². The highest BCUT2D eigenvalue weighted by Gasteiger charge is 2.15. The molecule has 1 heteroatoms. The van der Waals surface area contributed by atoms with Crippen LogP contribution in [0.2, 0.25) is 0 Å². The zero-order chi connectivity index (χ0) is 12.8. The van der Waals surface area contributed by atoms with E-state index in [-0.39, 0.29) is 0 Å². The number of unbranched alkanes of at least 4 members (excludes halogenated alkanes) is 3. The predicted molar refractivity (Wildman–Crippen MR) is 74.8 cm³/mol. The number of hydrogen-bond acceptors (Lipinski definition) is 1. The summed E-state index contributed by atoms with van der Waals surface area (Å²) in [6, 6.07) is 7.63. The smallest absolute Gasteiger partial charge is 0.132 e. The molecule has 0 saturated heterocycles. The zero-order valence-corrected chi connectivity index (χ0v) is 11.4. The molecule has 18 heavy (non-hydrogen) atoms. The van der Waals surface area contributed by atoms with Gasteiger partial charge in [0.1, 0.15) is 5.78 Å². The molecule has 0 fully saturated rings. The molecule has 0 unspecified atom stereocenters. The largest absolute Gasteiger partial charge is 0.300 e. The third kappa shape index (κ3) is 3.44. The van der Waals surface area contributed by atoms with Gasteiger partial charge in [0, 0.05) is 12.8 Å². The van der Waals surface area contributed by atoms with Crippen LogP contribution in [0.15, 0.2) is 12.1 Å². The Labute approximate surface area is 111 Å². The highest BCUT2D eigenvalue weighted by Crippen LogP contribution is 2.27. The molecule has 1 radical (unpaired) electrons. The Hall–Kier alpha value is -1.11. The minimum absolute atomic E-state index is 0.412. The van der Waals surface area contributed by atoms with Crippen molar-refractivity contribution in [3.63, 3.8) is 0 Å². The summed E-state index contributed by atoms with van der Waals surface area (Å²) in [5.41, 5.74) is 4.55. The molecule has 0 N–H and O–H groups in total. The van der Waals surface area contributed by atoms with Gasteiger partial charge in [-0.25, -0.2) is 0 Å². The molecule has 1 aliphatic carbocycles. The van der Waals surface area contributed by atoms with Gasteiger partial charge in [-0.15, -0.1) is 0 Å². The molecule has 1 aliphatic rings. The number of aryl methyl sites for hydroxylation is 2. The number of fused-ring (bicyclic) bond motifs is 1. The molecule has 0 bridgehead atoms. The van der Waals surface area contributed by atoms with Crippen molar-refractivity contribution in [1.82, 2.24) is 0 Å². The van der Waals surface area contributed by atoms with E-state index in [4.69, 9.17) is 0 Å². The highest BCUT2D eigenvalue weighted by molar-refractivity contribution is 5.77. The first kappa shape index (κ1) is 13.3. The number of carbonyl (C=O) groups excluding carboxylic acids is 1.